The number of hydrogen-bond donors (Lipinski definition) is 2. The van der Waals surface area contributed by atoms with Gasteiger partial charge in [0, 0.05) is 0 Å². The Labute approximate surface area is 78.2 Å². The molecule has 66 valence electrons. The number of nitrogens with one attached hydrogen (secondary N) is 1. The molecule has 1 rings (SSSR count). The van der Waals surface area contributed by atoms with E-state index in [2.05, 4.69) is 5.32 Å². The fourth-order valence-corrected chi connectivity index (χ4v) is 1.41. The number of hydrogen-bond acceptors (Lipinski definition) is 3. The van der Waals surface area contributed by atoms with Gasteiger partial charge in [-0.1, -0.05) is 0 Å². The Morgan fingerprint density at radius 1 is 1.54 bits per heavy atom. The Hall–Kier alpha value is -1.80. The molecule has 0 aromatic carbocycles. The predicted octanol–water partition coefficient (Wildman–Crippen LogP) is 1.02. The molecule has 0 saturated heterocycles. The number of carboxylic acids is 1. The van der Waals surface area contributed by atoms with E-state index in [1.54, 1.807) is 0 Å². The second-order valence-electron chi connectivity index (χ2n) is 2.07. The van der Waals surface area contributed by atoms with Gasteiger partial charge in [-0.05, 0) is 18.1 Å². The Bertz CT molecular complexity index is 388. The number of rotatable bonds is 2. The normalized spacial score (nSPS) is 8.85. The molecule has 0 aliphatic rings. The number of anilines is 1. The van der Waals surface area contributed by atoms with Crippen molar-refractivity contribution in [3.8, 4) is 12.3 Å². The van der Waals surface area contributed by atoms with Gasteiger partial charge in [0.25, 0.3) is 0 Å². The minimum absolute atomic E-state index is 0.160. The van der Waals surface area contributed by atoms with Crippen molar-refractivity contribution in [1.82, 2.24) is 0 Å². The Morgan fingerprint density at radius 3 is 2.69 bits per heavy atom. The molecule has 13 heavy (non-hydrogen) atoms. The third-order valence-electron chi connectivity index (χ3n) is 1.18. The minimum Gasteiger partial charge on any atom is -0.477 e. The number of amides is 1. The third-order valence-corrected chi connectivity index (χ3v) is 2.17. The highest BCUT2D eigenvalue weighted by Crippen LogP contribution is 2.21. The molecule has 0 bridgehead atoms. The van der Waals surface area contributed by atoms with Crippen molar-refractivity contribution in [2.45, 2.75) is 0 Å². The number of aromatic carboxylic acids is 1. The van der Waals surface area contributed by atoms with Crippen LogP contribution in [0.4, 0.5) is 5.00 Å². The van der Waals surface area contributed by atoms with Crippen LogP contribution in [0.1, 0.15) is 9.67 Å². The Morgan fingerprint density at radius 2 is 2.23 bits per heavy atom. The molecule has 1 amide bonds. The monoisotopic (exact) mass is 195 g/mol. The zero-order chi connectivity index (χ0) is 9.84. The average Bonchev–Trinajstić information content (AvgIpc) is 2.52. The lowest BCUT2D eigenvalue weighted by Crippen LogP contribution is -2.06. The highest BCUT2D eigenvalue weighted by atomic mass is 32.1. The van der Waals surface area contributed by atoms with Crippen molar-refractivity contribution < 1.29 is 14.7 Å². The zero-order valence-electron chi connectivity index (χ0n) is 6.40. The number of carbonyl (C=O) groups excluding carboxylic acids is 1. The van der Waals surface area contributed by atoms with Crippen LogP contribution in [-0.4, -0.2) is 17.0 Å². The molecule has 1 aromatic heterocycles. The van der Waals surface area contributed by atoms with Gasteiger partial charge in [-0.15, -0.1) is 17.8 Å². The van der Waals surface area contributed by atoms with Crippen LogP contribution in [0.5, 0.6) is 0 Å². The van der Waals surface area contributed by atoms with Gasteiger partial charge in [0.15, 0.2) is 0 Å². The summed E-state index contributed by atoms with van der Waals surface area (Å²) in [5.41, 5.74) is 0. The van der Waals surface area contributed by atoms with Crippen LogP contribution in [0, 0.1) is 12.3 Å². The van der Waals surface area contributed by atoms with Gasteiger partial charge >= 0.3 is 11.9 Å². The van der Waals surface area contributed by atoms with Crippen LogP contribution < -0.4 is 5.32 Å². The van der Waals surface area contributed by atoms with E-state index in [1.807, 2.05) is 5.92 Å². The van der Waals surface area contributed by atoms with Crippen molar-refractivity contribution in [2.75, 3.05) is 5.32 Å². The molecule has 0 unspecified atom stereocenters. The summed E-state index contributed by atoms with van der Waals surface area (Å²) in [6.07, 6.45) is 4.81. The van der Waals surface area contributed by atoms with Gasteiger partial charge in [-0.3, -0.25) is 4.79 Å². The fourth-order valence-electron chi connectivity index (χ4n) is 0.668. The van der Waals surface area contributed by atoms with Crippen molar-refractivity contribution in [1.29, 1.82) is 0 Å². The zero-order valence-corrected chi connectivity index (χ0v) is 7.22. The lowest BCUT2D eigenvalue weighted by atomic mass is 10.5. The van der Waals surface area contributed by atoms with Gasteiger partial charge in [-0.25, -0.2) is 4.79 Å². The molecular weight excluding hydrogens is 190 g/mol. The molecule has 0 aliphatic carbocycles. The highest BCUT2D eigenvalue weighted by molar-refractivity contribution is 7.18. The summed E-state index contributed by atoms with van der Waals surface area (Å²) < 4.78 is 0. The summed E-state index contributed by atoms with van der Waals surface area (Å²) in [4.78, 5) is 21.3. The first-order valence-corrected chi connectivity index (χ1v) is 4.06. The van der Waals surface area contributed by atoms with Crippen molar-refractivity contribution in [3.63, 3.8) is 0 Å². The van der Waals surface area contributed by atoms with E-state index in [-0.39, 0.29) is 4.88 Å². The van der Waals surface area contributed by atoms with Gasteiger partial charge in [0.1, 0.15) is 4.88 Å². The van der Waals surface area contributed by atoms with E-state index < -0.39 is 11.9 Å². The maximum absolute atomic E-state index is 10.7. The lowest BCUT2D eigenvalue weighted by Gasteiger charge is -1.92. The van der Waals surface area contributed by atoms with Gasteiger partial charge in [0.05, 0.1) is 5.00 Å². The van der Waals surface area contributed by atoms with Gasteiger partial charge in [-0.2, -0.15) is 0 Å². The quantitative estimate of drug-likeness (QED) is 0.692. The number of carbonyl (C=O) groups is 2. The largest absolute Gasteiger partial charge is 0.477 e. The predicted molar refractivity (Wildman–Crippen MR) is 48.7 cm³/mol. The van der Waals surface area contributed by atoms with Crippen molar-refractivity contribution >= 4 is 28.2 Å². The van der Waals surface area contributed by atoms with Crippen molar-refractivity contribution in [3.05, 3.63) is 17.0 Å². The number of thiophene rings is 1. The number of carboxylic acid groups (broad SMARTS) is 1. The van der Waals surface area contributed by atoms with E-state index >= 15 is 0 Å². The van der Waals surface area contributed by atoms with Crippen LogP contribution in [0.3, 0.4) is 0 Å². The smallest absolute Gasteiger partial charge is 0.345 e. The van der Waals surface area contributed by atoms with E-state index in [9.17, 15) is 9.59 Å². The fraction of sp³-hybridized carbons (Fsp3) is 0. The molecule has 0 saturated carbocycles. The standard InChI is InChI=1S/C8H5NO3S/c1-2-6(10)9-7-4-3-5(13-7)8(11)12/h1,3-4H,(H,9,10)(H,11,12). The molecule has 1 aromatic rings. The summed E-state index contributed by atoms with van der Waals surface area (Å²) >= 11 is 0.958. The second kappa shape index (κ2) is 3.74. The molecule has 0 radical (unpaired) electrons. The second-order valence-corrected chi connectivity index (χ2v) is 3.15. The number of terminal acetylenes is 1. The highest BCUT2D eigenvalue weighted by Gasteiger charge is 2.07. The lowest BCUT2D eigenvalue weighted by molar-refractivity contribution is -0.111. The molecule has 5 heteroatoms. The average molecular weight is 195 g/mol. The first kappa shape index (κ1) is 9.29. The topological polar surface area (TPSA) is 66.4 Å². The molecule has 0 aliphatic heterocycles. The van der Waals surface area contributed by atoms with Crippen LogP contribution in [0.15, 0.2) is 12.1 Å². The van der Waals surface area contributed by atoms with E-state index in [0.29, 0.717) is 5.00 Å². The summed E-state index contributed by atoms with van der Waals surface area (Å²) in [6, 6.07) is 2.89. The van der Waals surface area contributed by atoms with E-state index in [1.165, 1.54) is 12.1 Å². The summed E-state index contributed by atoms with van der Waals surface area (Å²) in [7, 11) is 0. The molecule has 0 spiro atoms. The molecular formula is C8H5NO3S. The van der Waals surface area contributed by atoms with Gasteiger partial charge in [0.2, 0.25) is 0 Å². The molecule has 0 atom stereocenters. The minimum atomic E-state index is -1.02. The summed E-state index contributed by atoms with van der Waals surface area (Å²) in [5, 5.41) is 11.3. The molecule has 2 N–H and O–H groups in total. The van der Waals surface area contributed by atoms with Crippen LogP contribution in [-0.2, 0) is 4.79 Å². The van der Waals surface area contributed by atoms with Crippen molar-refractivity contribution in [2.24, 2.45) is 0 Å². The first-order chi connectivity index (χ1) is 6.13. The molecule has 1 heterocycles. The SMILES string of the molecule is C#CC(=O)Nc1ccc(C(=O)O)s1. The Balaban J connectivity index is 2.76. The maximum atomic E-state index is 10.7. The van der Waals surface area contributed by atoms with Crippen LogP contribution in [0.2, 0.25) is 0 Å². The van der Waals surface area contributed by atoms with Crippen LogP contribution in [0.25, 0.3) is 0 Å². The van der Waals surface area contributed by atoms with E-state index in [4.69, 9.17) is 11.5 Å². The summed E-state index contributed by atoms with van der Waals surface area (Å²) in [6.45, 7) is 0. The summed E-state index contributed by atoms with van der Waals surface area (Å²) in [5.74, 6) is 0.255. The first-order valence-electron chi connectivity index (χ1n) is 3.24. The molecule has 0 fully saturated rings. The Kier molecular flexibility index (Phi) is 2.67. The van der Waals surface area contributed by atoms with Gasteiger partial charge < -0.3 is 10.4 Å². The van der Waals surface area contributed by atoms with Crippen LogP contribution >= 0.6 is 11.3 Å². The third kappa shape index (κ3) is 2.32. The molecule has 4 nitrogen and oxygen atoms in total. The van der Waals surface area contributed by atoms with E-state index in [0.717, 1.165) is 11.3 Å². The maximum Gasteiger partial charge on any atom is 0.345 e.